The van der Waals surface area contributed by atoms with Gasteiger partial charge in [-0.2, -0.15) is 13.2 Å². The summed E-state index contributed by atoms with van der Waals surface area (Å²) in [6.07, 6.45) is -1.31. The topological polar surface area (TPSA) is 19.0 Å². The molecule has 0 bridgehead atoms. The minimum absolute atomic E-state index is 0.499. The van der Waals surface area contributed by atoms with E-state index in [4.69, 9.17) is 0 Å². The molecule has 0 fully saturated rings. The van der Waals surface area contributed by atoms with E-state index >= 15 is 0 Å². The van der Waals surface area contributed by atoms with Crippen molar-refractivity contribution in [2.75, 3.05) is 14.1 Å². The lowest BCUT2D eigenvalue weighted by atomic mass is 9.90. The van der Waals surface area contributed by atoms with Gasteiger partial charge in [-0.05, 0) is 56.6 Å². The Balaban J connectivity index is 1.84. The molecule has 0 spiro atoms. The average Bonchev–Trinajstić information content (AvgIpc) is 2.99. The highest BCUT2D eigenvalue weighted by molar-refractivity contribution is 5.97. The Bertz CT molecular complexity index is 954. The van der Waals surface area contributed by atoms with E-state index in [1.807, 2.05) is 12.1 Å². The predicted molar refractivity (Wildman–Crippen MR) is 98.2 cm³/mol. The van der Waals surface area contributed by atoms with Gasteiger partial charge in [0.2, 0.25) is 0 Å². The highest BCUT2D eigenvalue weighted by Crippen LogP contribution is 2.37. The van der Waals surface area contributed by atoms with E-state index in [1.165, 1.54) is 23.4 Å². The summed E-state index contributed by atoms with van der Waals surface area (Å²) in [6, 6.07) is 12.0. The molecule has 0 aliphatic heterocycles. The average molecular weight is 358 g/mol. The monoisotopic (exact) mass is 358 g/mol. The van der Waals surface area contributed by atoms with E-state index in [-0.39, 0.29) is 0 Å². The number of hydrogen-bond acceptors (Lipinski definition) is 1. The van der Waals surface area contributed by atoms with Crippen molar-refractivity contribution < 1.29 is 13.2 Å². The maximum atomic E-state index is 13.1. The number of H-pyrrole nitrogens is 1. The highest BCUT2D eigenvalue weighted by Gasteiger charge is 2.31. The van der Waals surface area contributed by atoms with Crippen molar-refractivity contribution in [1.29, 1.82) is 0 Å². The minimum Gasteiger partial charge on any atom is -0.358 e. The molecule has 0 radical (unpaired) electrons. The van der Waals surface area contributed by atoms with Crippen molar-refractivity contribution in [1.82, 2.24) is 9.88 Å². The molecule has 1 atom stereocenters. The lowest BCUT2D eigenvalue weighted by Gasteiger charge is -2.28. The number of aromatic nitrogens is 1. The second-order valence-corrected chi connectivity index (χ2v) is 7.25. The second-order valence-electron chi connectivity index (χ2n) is 7.25. The standard InChI is InChI=1S/C21H21F3N2/c1-26(2)15-9-10-19-18(12-15)17-8-4-7-16(20(17)25-19)13-5-3-6-14(11-13)21(22,23)24/h3-8,11,15,25H,9-10,12H2,1-2H3. The molecule has 0 amide bonds. The van der Waals surface area contributed by atoms with Crippen LogP contribution in [0.15, 0.2) is 42.5 Å². The van der Waals surface area contributed by atoms with Crippen molar-refractivity contribution in [3.8, 4) is 11.1 Å². The van der Waals surface area contributed by atoms with Crippen molar-refractivity contribution in [3.05, 3.63) is 59.3 Å². The summed E-state index contributed by atoms with van der Waals surface area (Å²) in [4.78, 5) is 5.75. The van der Waals surface area contributed by atoms with Crippen molar-refractivity contribution in [2.24, 2.45) is 0 Å². The van der Waals surface area contributed by atoms with Gasteiger partial charge < -0.3 is 9.88 Å². The summed E-state index contributed by atoms with van der Waals surface area (Å²) in [6.45, 7) is 0. The lowest BCUT2D eigenvalue weighted by molar-refractivity contribution is -0.137. The zero-order chi connectivity index (χ0) is 18.5. The van der Waals surface area contributed by atoms with E-state index in [0.29, 0.717) is 11.6 Å². The SMILES string of the molecule is CN(C)C1CCc2[nH]c3c(-c4cccc(C(F)(F)F)c4)cccc3c2C1. The van der Waals surface area contributed by atoms with Crippen LogP contribution >= 0.6 is 0 Å². The number of rotatable bonds is 2. The normalized spacial score (nSPS) is 17.7. The number of nitrogens with one attached hydrogen (secondary N) is 1. The van der Waals surface area contributed by atoms with Gasteiger partial charge in [0.15, 0.2) is 0 Å². The molecule has 1 heterocycles. The van der Waals surface area contributed by atoms with Gasteiger partial charge >= 0.3 is 6.18 Å². The van der Waals surface area contributed by atoms with E-state index in [1.54, 1.807) is 6.07 Å². The van der Waals surface area contributed by atoms with Gasteiger partial charge in [0.05, 0.1) is 11.1 Å². The van der Waals surface area contributed by atoms with Crippen LogP contribution in [0.5, 0.6) is 0 Å². The van der Waals surface area contributed by atoms with Crippen LogP contribution in [-0.4, -0.2) is 30.0 Å². The molecule has 1 aliphatic rings. The first kappa shape index (κ1) is 17.2. The molecule has 5 heteroatoms. The first-order valence-electron chi connectivity index (χ1n) is 8.81. The minimum atomic E-state index is -4.34. The molecule has 136 valence electrons. The molecule has 1 aromatic heterocycles. The molecule has 1 aliphatic carbocycles. The predicted octanol–water partition coefficient (Wildman–Crippen LogP) is 5.27. The lowest BCUT2D eigenvalue weighted by Crippen LogP contribution is -2.33. The fourth-order valence-electron chi connectivity index (χ4n) is 3.97. The Hall–Kier alpha value is -2.27. The number of benzene rings is 2. The number of fused-ring (bicyclic) bond motifs is 3. The van der Waals surface area contributed by atoms with Gasteiger partial charge in [0.25, 0.3) is 0 Å². The third-order valence-corrected chi connectivity index (χ3v) is 5.43. The van der Waals surface area contributed by atoms with Crippen LogP contribution < -0.4 is 0 Å². The zero-order valence-electron chi connectivity index (χ0n) is 14.8. The fraction of sp³-hybridized carbons (Fsp3) is 0.333. The Kier molecular flexibility index (Phi) is 4.07. The van der Waals surface area contributed by atoms with Crippen molar-refractivity contribution >= 4 is 10.9 Å². The molecule has 2 nitrogen and oxygen atoms in total. The summed E-state index contributed by atoms with van der Waals surface area (Å²) >= 11 is 0. The maximum Gasteiger partial charge on any atom is 0.416 e. The summed E-state index contributed by atoms with van der Waals surface area (Å²) in [7, 11) is 4.19. The number of para-hydroxylation sites is 1. The van der Waals surface area contributed by atoms with Crippen LogP contribution in [0, 0.1) is 0 Å². The molecular weight excluding hydrogens is 337 g/mol. The first-order valence-corrected chi connectivity index (χ1v) is 8.81. The smallest absolute Gasteiger partial charge is 0.358 e. The van der Waals surface area contributed by atoms with E-state index in [2.05, 4.69) is 30.0 Å². The summed E-state index contributed by atoms with van der Waals surface area (Å²) in [5, 5.41) is 1.13. The molecule has 1 N–H and O–H groups in total. The third kappa shape index (κ3) is 2.90. The highest BCUT2D eigenvalue weighted by atomic mass is 19.4. The van der Waals surface area contributed by atoms with E-state index in [9.17, 15) is 13.2 Å². The summed E-state index contributed by atoms with van der Waals surface area (Å²) in [5.41, 5.74) is 4.26. The van der Waals surface area contributed by atoms with E-state index in [0.717, 1.165) is 41.8 Å². The summed E-state index contributed by atoms with van der Waals surface area (Å²) in [5.74, 6) is 0. The fourth-order valence-corrected chi connectivity index (χ4v) is 3.97. The molecule has 1 unspecified atom stereocenters. The zero-order valence-corrected chi connectivity index (χ0v) is 14.8. The van der Waals surface area contributed by atoms with Gasteiger partial charge in [0.1, 0.15) is 0 Å². The Morgan fingerprint density at radius 2 is 1.85 bits per heavy atom. The van der Waals surface area contributed by atoms with Crippen LogP contribution in [0.1, 0.15) is 23.2 Å². The Morgan fingerprint density at radius 3 is 2.58 bits per heavy atom. The van der Waals surface area contributed by atoms with Crippen LogP contribution in [-0.2, 0) is 19.0 Å². The number of halogens is 3. The van der Waals surface area contributed by atoms with Crippen LogP contribution in [0.4, 0.5) is 13.2 Å². The second kappa shape index (κ2) is 6.16. The molecule has 3 aromatic rings. The first-order chi connectivity index (χ1) is 12.3. The van der Waals surface area contributed by atoms with Gasteiger partial charge in [-0.15, -0.1) is 0 Å². The molecule has 0 saturated carbocycles. The van der Waals surface area contributed by atoms with Gasteiger partial charge in [-0.3, -0.25) is 0 Å². The van der Waals surface area contributed by atoms with Gasteiger partial charge in [-0.1, -0.05) is 30.3 Å². The van der Waals surface area contributed by atoms with Gasteiger partial charge in [-0.25, -0.2) is 0 Å². The maximum absolute atomic E-state index is 13.1. The number of hydrogen-bond donors (Lipinski definition) is 1. The number of nitrogens with zero attached hydrogens (tertiary/aromatic N) is 1. The molecule has 4 rings (SSSR count). The number of aromatic amines is 1. The largest absolute Gasteiger partial charge is 0.416 e. The van der Waals surface area contributed by atoms with Gasteiger partial charge in [0, 0.05) is 22.7 Å². The molecular formula is C21H21F3N2. The molecule has 2 aromatic carbocycles. The van der Waals surface area contributed by atoms with Crippen molar-refractivity contribution in [2.45, 2.75) is 31.5 Å². The number of alkyl halides is 3. The quantitative estimate of drug-likeness (QED) is 0.661. The Labute approximate surface area is 150 Å². The molecule has 26 heavy (non-hydrogen) atoms. The third-order valence-electron chi connectivity index (χ3n) is 5.43. The molecule has 0 saturated heterocycles. The van der Waals surface area contributed by atoms with Crippen LogP contribution in [0.25, 0.3) is 22.0 Å². The van der Waals surface area contributed by atoms with Crippen molar-refractivity contribution in [3.63, 3.8) is 0 Å². The Morgan fingerprint density at radius 1 is 1.08 bits per heavy atom. The summed E-state index contributed by atoms with van der Waals surface area (Å²) < 4.78 is 39.3. The van der Waals surface area contributed by atoms with E-state index < -0.39 is 11.7 Å². The number of likely N-dealkylation sites (N-methyl/N-ethyl adjacent to an activating group) is 1. The van der Waals surface area contributed by atoms with Crippen LogP contribution in [0.2, 0.25) is 0 Å². The number of aryl methyl sites for hydroxylation is 1. The van der Waals surface area contributed by atoms with Crippen LogP contribution in [0.3, 0.4) is 0 Å².